The molecule has 18 heavy (non-hydrogen) atoms. The fraction of sp³-hybridized carbons (Fsp3) is 0.286. The zero-order chi connectivity index (χ0) is 13.3. The topological polar surface area (TPSA) is 42.0 Å². The summed E-state index contributed by atoms with van der Waals surface area (Å²) in [7, 11) is 0. The zero-order valence-electron chi connectivity index (χ0n) is 10.6. The summed E-state index contributed by atoms with van der Waals surface area (Å²) in [5.74, 6) is -0.511. The molecule has 0 atom stereocenters. The van der Waals surface area contributed by atoms with Crippen LogP contribution in [0, 0.1) is 5.82 Å². The lowest BCUT2D eigenvalue weighted by Gasteiger charge is -2.20. The van der Waals surface area contributed by atoms with Crippen molar-refractivity contribution in [2.75, 3.05) is 0 Å². The highest BCUT2D eigenvalue weighted by atomic mass is 19.1. The van der Waals surface area contributed by atoms with Gasteiger partial charge in [0.25, 0.3) is 5.91 Å². The summed E-state index contributed by atoms with van der Waals surface area (Å²) in [6.45, 7) is 5.73. The lowest BCUT2D eigenvalue weighted by atomic mass is 10.1. The molecule has 0 aliphatic rings. The maximum atomic E-state index is 13.0. The summed E-state index contributed by atoms with van der Waals surface area (Å²) < 4.78 is 13.0. The third-order valence-corrected chi connectivity index (χ3v) is 2.40. The Kier molecular flexibility index (Phi) is 3.03. The van der Waals surface area contributed by atoms with E-state index in [0.29, 0.717) is 11.1 Å². The molecular formula is C14H15FN2O. The Labute approximate surface area is 105 Å². The van der Waals surface area contributed by atoms with Crippen LogP contribution in [0.1, 0.15) is 31.1 Å². The van der Waals surface area contributed by atoms with E-state index < -0.39 is 0 Å². The molecule has 0 aliphatic carbocycles. The third kappa shape index (κ3) is 2.83. The Bertz CT molecular complexity index is 602. The first-order valence-electron chi connectivity index (χ1n) is 5.73. The molecule has 2 aromatic rings. The van der Waals surface area contributed by atoms with E-state index in [2.05, 4.69) is 10.3 Å². The van der Waals surface area contributed by atoms with E-state index in [0.717, 1.165) is 5.39 Å². The van der Waals surface area contributed by atoms with E-state index in [1.165, 1.54) is 18.3 Å². The molecule has 0 saturated heterocycles. The number of aromatic nitrogens is 1. The van der Waals surface area contributed by atoms with Crippen LogP contribution in [0.4, 0.5) is 4.39 Å². The Morgan fingerprint density at radius 1 is 1.28 bits per heavy atom. The first-order chi connectivity index (χ1) is 8.35. The summed E-state index contributed by atoms with van der Waals surface area (Å²) in [6.07, 6.45) is 1.46. The molecule has 4 heteroatoms. The van der Waals surface area contributed by atoms with Crippen LogP contribution < -0.4 is 5.32 Å². The van der Waals surface area contributed by atoms with Crippen molar-refractivity contribution in [2.45, 2.75) is 26.3 Å². The molecule has 1 aromatic heterocycles. The van der Waals surface area contributed by atoms with E-state index in [9.17, 15) is 9.18 Å². The summed E-state index contributed by atoms with van der Waals surface area (Å²) in [4.78, 5) is 16.0. The molecule has 0 bridgehead atoms. The molecule has 3 nitrogen and oxygen atoms in total. The molecule has 1 aromatic carbocycles. The van der Waals surface area contributed by atoms with Gasteiger partial charge in [0.2, 0.25) is 0 Å². The highest BCUT2D eigenvalue weighted by Crippen LogP contribution is 2.15. The van der Waals surface area contributed by atoms with Crippen molar-refractivity contribution in [1.82, 2.24) is 10.3 Å². The molecule has 0 radical (unpaired) electrons. The van der Waals surface area contributed by atoms with Crippen molar-refractivity contribution >= 4 is 16.8 Å². The van der Waals surface area contributed by atoms with E-state index >= 15 is 0 Å². The molecule has 1 heterocycles. The van der Waals surface area contributed by atoms with Crippen molar-refractivity contribution in [3.05, 3.63) is 41.8 Å². The lowest BCUT2D eigenvalue weighted by molar-refractivity contribution is 0.0919. The smallest absolute Gasteiger partial charge is 0.253 e. The number of hydrogen-bond donors (Lipinski definition) is 1. The van der Waals surface area contributed by atoms with Crippen molar-refractivity contribution in [1.29, 1.82) is 0 Å². The zero-order valence-corrected chi connectivity index (χ0v) is 10.6. The van der Waals surface area contributed by atoms with Gasteiger partial charge in [0.15, 0.2) is 0 Å². The predicted molar refractivity (Wildman–Crippen MR) is 68.9 cm³/mol. The number of carbonyl (C=O) groups is 1. The summed E-state index contributed by atoms with van der Waals surface area (Å²) in [5, 5.41) is 3.61. The Morgan fingerprint density at radius 3 is 2.67 bits per heavy atom. The standard InChI is InChI=1S/C14H15FN2O/c1-14(2,3)17-13(18)10-6-9-4-5-11(15)7-12(9)16-8-10/h4-8H,1-3H3,(H,17,18). The van der Waals surface area contributed by atoms with Gasteiger partial charge >= 0.3 is 0 Å². The SMILES string of the molecule is CC(C)(C)NC(=O)c1cnc2cc(F)ccc2c1. The van der Waals surface area contributed by atoms with E-state index in [1.807, 2.05) is 20.8 Å². The minimum absolute atomic E-state index is 0.179. The fourth-order valence-corrected chi connectivity index (χ4v) is 1.63. The van der Waals surface area contributed by atoms with Crippen LogP contribution in [0.25, 0.3) is 10.9 Å². The molecule has 0 saturated carbocycles. The molecule has 1 N–H and O–H groups in total. The average Bonchev–Trinajstić information content (AvgIpc) is 2.26. The largest absolute Gasteiger partial charge is 0.347 e. The molecule has 0 fully saturated rings. The molecule has 0 aliphatic heterocycles. The maximum absolute atomic E-state index is 13.0. The monoisotopic (exact) mass is 246 g/mol. The summed E-state index contributed by atoms with van der Waals surface area (Å²) >= 11 is 0. The lowest BCUT2D eigenvalue weighted by Crippen LogP contribution is -2.40. The second kappa shape index (κ2) is 4.37. The van der Waals surface area contributed by atoms with E-state index in [4.69, 9.17) is 0 Å². The normalized spacial score (nSPS) is 11.6. The number of carbonyl (C=O) groups excluding carboxylic acids is 1. The van der Waals surface area contributed by atoms with Crippen LogP contribution in [-0.4, -0.2) is 16.4 Å². The van der Waals surface area contributed by atoms with Crippen molar-refractivity contribution < 1.29 is 9.18 Å². The van der Waals surface area contributed by atoms with Crippen molar-refractivity contribution in [3.8, 4) is 0 Å². The molecule has 0 spiro atoms. The first kappa shape index (κ1) is 12.5. The maximum Gasteiger partial charge on any atom is 0.253 e. The van der Waals surface area contributed by atoms with Gasteiger partial charge in [0.1, 0.15) is 5.82 Å². The number of amides is 1. The second-order valence-corrected chi connectivity index (χ2v) is 5.27. The molecule has 0 unspecified atom stereocenters. The highest BCUT2D eigenvalue weighted by molar-refractivity contribution is 5.97. The molecular weight excluding hydrogens is 231 g/mol. The number of hydrogen-bond acceptors (Lipinski definition) is 2. The van der Waals surface area contributed by atoms with Crippen LogP contribution in [0.5, 0.6) is 0 Å². The number of nitrogens with zero attached hydrogens (tertiary/aromatic N) is 1. The van der Waals surface area contributed by atoms with Gasteiger partial charge in [-0.05, 0) is 39.0 Å². The number of rotatable bonds is 1. The van der Waals surface area contributed by atoms with E-state index in [-0.39, 0.29) is 17.3 Å². The minimum atomic E-state index is -0.332. The quantitative estimate of drug-likeness (QED) is 0.840. The third-order valence-electron chi connectivity index (χ3n) is 2.40. The van der Waals surface area contributed by atoms with Crippen molar-refractivity contribution in [2.24, 2.45) is 0 Å². The van der Waals surface area contributed by atoms with Crippen LogP contribution in [0.3, 0.4) is 0 Å². The first-order valence-corrected chi connectivity index (χ1v) is 5.73. The van der Waals surface area contributed by atoms with Gasteiger partial charge in [-0.25, -0.2) is 4.39 Å². The van der Waals surface area contributed by atoms with Gasteiger partial charge in [-0.1, -0.05) is 0 Å². The van der Waals surface area contributed by atoms with Crippen LogP contribution >= 0.6 is 0 Å². The summed E-state index contributed by atoms with van der Waals surface area (Å²) in [5.41, 5.74) is 0.723. The molecule has 94 valence electrons. The van der Waals surface area contributed by atoms with Gasteiger partial charge in [-0.2, -0.15) is 0 Å². The van der Waals surface area contributed by atoms with Crippen LogP contribution in [-0.2, 0) is 0 Å². The van der Waals surface area contributed by atoms with Crippen LogP contribution in [0.2, 0.25) is 0 Å². The number of nitrogens with one attached hydrogen (secondary N) is 1. The van der Waals surface area contributed by atoms with Crippen LogP contribution in [0.15, 0.2) is 30.5 Å². The van der Waals surface area contributed by atoms with Gasteiger partial charge in [-0.3, -0.25) is 9.78 Å². The molecule has 2 rings (SSSR count). The number of halogens is 1. The van der Waals surface area contributed by atoms with Gasteiger partial charge < -0.3 is 5.32 Å². The fourth-order valence-electron chi connectivity index (χ4n) is 1.63. The highest BCUT2D eigenvalue weighted by Gasteiger charge is 2.15. The second-order valence-electron chi connectivity index (χ2n) is 5.27. The Balaban J connectivity index is 2.36. The van der Waals surface area contributed by atoms with Gasteiger partial charge in [0.05, 0.1) is 11.1 Å². The predicted octanol–water partition coefficient (Wildman–Crippen LogP) is 2.90. The number of fused-ring (bicyclic) bond motifs is 1. The van der Waals surface area contributed by atoms with Gasteiger partial charge in [-0.15, -0.1) is 0 Å². The van der Waals surface area contributed by atoms with Crippen molar-refractivity contribution in [3.63, 3.8) is 0 Å². The number of pyridine rings is 1. The van der Waals surface area contributed by atoms with E-state index in [1.54, 1.807) is 12.1 Å². The molecule has 1 amide bonds. The van der Waals surface area contributed by atoms with Gasteiger partial charge in [0, 0.05) is 23.2 Å². The Morgan fingerprint density at radius 2 is 2.00 bits per heavy atom. The summed E-state index contributed by atoms with van der Waals surface area (Å²) in [6, 6.07) is 6.03. The average molecular weight is 246 g/mol. The minimum Gasteiger partial charge on any atom is -0.347 e. The Hall–Kier alpha value is -1.97. The number of benzene rings is 1.